The van der Waals surface area contributed by atoms with Crippen molar-refractivity contribution in [2.24, 2.45) is 0 Å². The van der Waals surface area contributed by atoms with E-state index in [-0.39, 0.29) is 11.2 Å². The van der Waals surface area contributed by atoms with Crippen LogP contribution in [0.5, 0.6) is 5.75 Å². The van der Waals surface area contributed by atoms with Crippen LogP contribution in [0, 0.1) is 0 Å². The third-order valence-electron chi connectivity index (χ3n) is 2.86. The Labute approximate surface area is 142 Å². The Morgan fingerprint density at radius 3 is 2.57 bits per heavy atom. The number of esters is 1. The van der Waals surface area contributed by atoms with E-state index >= 15 is 0 Å². The van der Waals surface area contributed by atoms with Gasteiger partial charge in [-0.15, -0.1) is 11.8 Å². The lowest BCUT2D eigenvalue weighted by Gasteiger charge is -2.10. The Morgan fingerprint density at radius 1 is 1.26 bits per heavy atom. The molecule has 0 radical (unpaired) electrons. The summed E-state index contributed by atoms with van der Waals surface area (Å²) in [6.07, 6.45) is 1.38. The number of methoxy groups -OCH3 is 2. The Balaban J connectivity index is 1.93. The molecule has 1 amide bonds. The van der Waals surface area contributed by atoms with Gasteiger partial charge in [0.25, 0.3) is 0 Å². The van der Waals surface area contributed by atoms with Gasteiger partial charge in [-0.1, -0.05) is 11.3 Å². The fourth-order valence-corrected chi connectivity index (χ4v) is 3.25. The van der Waals surface area contributed by atoms with Crippen LogP contribution < -0.4 is 10.1 Å². The largest absolute Gasteiger partial charge is 0.497 e. The summed E-state index contributed by atoms with van der Waals surface area (Å²) in [6.45, 7) is 1.80. The lowest BCUT2D eigenvalue weighted by Crippen LogP contribution is -2.22. The molecule has 0 aliphatic rings. The summed E-state index contributed by atoms with van der Waals surface area (Å²) in [7, 11) is 2.91. The second-order valence-corrected chi connectivity index (χ2v) is 6.89. The highest BCUT2D eigenvalue weighted by Gasteiger charge is 2.17. The van der Waals surface area contributed by atoms with Crippen molar-refractivity contribution >= 4 is 40.1 Å². The molecule has 0 spiro atoms. The predicted octanol–water partition coefficient (Wildman–Crippen LogP) is 3.06. The number of anilines is 1. The molecular weight excluding hydrogens is 336 g/mol. The molecule has 8 heteroatoms. The number of carbonyl (C=O) groups excluding carboxylic acids is 2. The number of aromatic nitrogens is 1. The van der Waals surface area contributed by atoms with Crippen molar-refractivity contribution in [3.63, 3.8) is 0 Å². The average molecular weight is 352 g/mol. The van der Waals surface area contributed by atoms with Gasteiger partial charge in [-0.3, -0.25) is 4.79 Å². The van der Waals surface area contributed by atoms with Crippen molar-refractivity contribution in [1.29, 1.82) is 0 Å². The van der Waals surface area contributed by atoms with Gasteiger partial charge in [0.15, 0.2) is 5.13 Å². The van der Waals surface area contributed by atoms with E-state index < -0.39 is 5.97 Å². The molecule has 122 valence electrons. The number of thioether (sulfide) groups is 1. The van der Waals surface area contributed by atoms with E-state index in [1.165, 1.54) is 25.1 Å². The average Bonchev–Trinajstić information content (AvgIpc) is 3.03. The highest BCUT2D eigenvalue weighted by atomic mass is 32.2. The van der Waals surface area contributed by atoms with Gasteiger partial charge >= 0.3 is 5.97 Å². The van der Waals surface area contributed by atoms with E-state index in [2.05, 4.69) is 15.0 Å². The van der Waals surface area contributed by atoms with E-state index in [1.807, 2.05) is 24.3 Å². The fourth-order valence-electron chi connectivity index (χ4n) is 1.65. The van der Waals surface area contributed by atoms with Crippen molar-refractivity contribution in [3.8, 4) is 5.75 Å². The number of nitrogens with zero attached hydrogens (tertiary/aromatic N) is 1. The first-order chi connectivity index (χ1) is 11.0. The smallest absolute Gasteiger partial charge is 0.349 e. The quantitative estimate of drug-likeness (QED) is 0.636. The topological polar surface area (TPSA) is 77.5 Å². The summed E-state index contributed by atoms with van der Waals surface area (Å²) < 4.78 is 9.70. The second-order valence-electron chi connectivity index (χ2n) is 4.45. The molecule has 0 aliphatic carbocycles. The van der Waals surface area contributed by atoms with Crippen LogP contribution in [-0.4, -0.2) is 36.3 Å². The molecule has 0 saturated heterocycles. The zero-order valence-electron chi connectivity index (χ0n) is 12.9. The Kier molecular flexibility index (Phi) is 6.00. The van der Waals surface area contributed by atoms with E-state index in [1.54, 1.807) is 14.0 Å². The highest BCUT2D eigenvalue weighted by Crippen LogP contribution is 2.27. The van der Waals surface area contributed by atoms with Crippen LogP contribution in [0.3, 0.4) is 0 Å². The fraction of sp³-hybridized carbons (Fsp3) is 0.267. The van der Waals surface area contributed by atoms with Crippen molar-refractivity contribution < 1.29 is 19.1 Å². The minimum atomic E-state index is -0.469. The van der Waals surface area contributed by atoms with Crippen molar-refractivity contribution in [1.82, 2.24) is 4.98 Å². The van der Waals surface area contributed by atoms with Gasteiger partial charge in [0.2, 0.25) is 5.91 Å². The summed E-state index contributed by atoms with van der Waals surface area (Å²) in [5.41, 5.74) is 0. The molecule has 0 saturated carbocycles. The number of rotatable bonds is 6. The van der Waals surface area contributed by atoms with Crippen LogP contribution in [0.2, 0.25) is 0 Å². The van der Waals surface area contributed by atoms with Gasteiger partial charge in [-0.25, -0.2) is 9.78 Å². The summed E-state index contributed by atoms with van der Waals surface area (Å²) in [5.74, 6) is 0.116. The SMILES string of the molecule is COC(=O)c1cnc(NC(=O)[C@H](C)Sc2ccc(OC)cc2)s1. The zero-order valence-corrected chi connectivity index (χ0v) is 14.5. The van der Waals surface area contributed by atoms with Crippen LogP contribution in [0.25, 0.3) is 0 Å². The number of carbonyl (C=O) groups is 2. The first-order valence-corrected chi connectivity index (χ1v) is 8.39. The van der Waals surface area contributed by atoms with Crippen molar-refractivity contribution in [3.05, 3.63) is 35.3 Å². The number of thiazole rings is 1. The minimum absolute atomic E-state index is 0.184. The van der Waals surface area contributed by atoms with Gasteiger partial charge in [-0.2, -0.15) is 0 Å². The van der Waals surface area contributed by atoms with E-state index in [4.69, 9.17) is 4.74 Å². The second kappa shape index (κ2) is 7.98. The Bertz CT molecular complexity index is 685. The van der Waals surface area contributed by atoms with Crippen LogP contribution in [0.4, 0.5) is 5.13 Å². The first kappa shape index (κ1) is 17.3. The van der Waals surface area contributed by atoms with E-state index in [9.17, 15) is 9.59 Å². The maximum absolute atomic E-state index is 12.2. The normalized spacial score (nSPS) is 11.6. The molecule has 0 fully saturated rings. The molecule has 1 aromatic heterocycles. The number of amides is 1. The summed E-state index contributed by atoms with van der Waals surface area (Å²) >= 11 is 2.50. The molecule has 1 atom stereocenters. The van der Waals surface area contributed by atoms with Gasteiger partial charge in [0.05, 0.1) is 25.7 Å². The third kappa shape index (κ3) is 4.70. The summed E-state index contributed by atoms with van der Waals surface area (Å²) in [4.78, 5) is 28.8. The van der Waals surface area contributed by atoms with Crippen LogP contribution >= 0.6 is 23.1 Å². The summed E-state index contributed by atoms with van der Waals surface area (Å²) in [6, 6.07) is 7.48. The maximum Gasteiger partial charge on any atom is 0.349 e. The van der Waals surface area contributed by atoms with E-state index in [0.29, 0.717) is 10.0 Å². The molecule has 1 aromatic carbocycles. The molecule has 0 bridgehead atoms. The van der Waals surface area contributed by atoms with Crippen LogP contribution in [0.15, 0.2) is 35.4 Å². The monoisotopic (exact) mass is 352 g/mol. The molecule has 2 aromatic rings. The van der Waals surface area contributed by atoms with Crippen molar-refractivity contribution in [2.45, 2.75) is 17.1 Å². The minimum Gasteiger partial charge on any atom is -0.497 e. The first-order valence-electron chi connectivity index (χ1n) is 6.69. The standard InChI is InChI=1S/C15H16N2O4S2/c1-9(22-11-6-4-10(20-2)5-7-11)13(18)17-15-16-8-12(23-15)14(19)21-3/h4-9H,1-3H3,(H,16,17,18)/t9-/m0/s1. The molecular formula is C15H16N2O4S2. The molecule has 0 aliphatic heterocycles. The molecule has 1 N–H and O–H groups in total. The highest BCUT2D eigenvalue weighted by molar-refractivity contribution is 8.00. The third-order valence-corrected chi connectivity index (χ3v) is 4.87. The van der Waals surface area contributed by atoms with E-state index in [0.717, 1.165) is 22.0 Å². The maximum atomic E-state index is 12.2. The lowest BCUT2D eigenvalue weighted by molar-refractivity contribution is -0.115. The summed E-state index contributed by atoms with van der Waals surface area (Å²) in [5, 5.41) is 2.76. The Hall–Kier alpha value is -2.06. The molecule has 2 rings (SSSR count). The van der Waals surface area contributed by atoms with Crippen molar-refractivity contribution in [2.75, 3.05) is 19.5 Å². The zero-order chi connectivity index (χ0) is 16.8. The number of ether oxygens (including phenoxy) is 2. The number of benzene rings is 1. The lowest BCUT2D eigenvalue weighted by atomic mass is 10.3. The predicted molar refractivity (Wildman–Crippen MR) is 90.4 cm³/mol. The number of hydrogen-bond donors (Lipinski definition) is 1. The number of hydrogen-bond acceptors (Lipinski definition) is 7. The van der Waals surface area contributed by atoms with Crippen LogP contribution in [-0.2, 0) is 9.53 Å². The van der Waals surface area contributed by atoms with Gasteiger partial charge in [0, 0.05) is 4.90 Å². The Morgan fingerprint density at radius 2 is 1.96 bits per heavy atom. The molecule has 6 nitrogen and oxygen atoms in total. The number of nitrogens with one attached hydrogen (secondary N) is 1. The van der Waals surface area contributed by atoms with Gasteiger partial charge < -0.3 is 14.8 Å². The van der Waals surface area contributed by atoms with Crippen LogP contribution in [0.1, 0.15) is 16.6 Å². The van der Waals surface area contributed by atoms with Gasteiger partial charge in [0.1, 0.15) is 10.6 Å². The molecule has 1 heterocycles. The molecule has 23 heavy (non-hydrogen) atoms. The van der Waals surface area contributed by atoms with Gasteiger partial charge in [-0.05, 0) is 31.2 Å². The molecule has 0 unspecified atom stereocenters.